The van der Waals surface area contributed by atoms with E-state index in [0.29, 0.717) is 47.0 Å². The minimum atomic E-state index is -0.259. The van der Waals surface area contributed by atoms with Crippen molar-refractivity contribution in [1.29, 1.82) is 0 Å². The number of hydrogen-bond acceptors (Lipinski definition) is 6. The Labute approximate surface area is 166 Å². The van der Waals surface area contributed by atoms with Crippen LogP contribution >= 0.6 is 11.3 Å². The molecule has 0 bridgehead atoms. The van der Waals surface area contributed by atoms with Crippen LogP contribution in [0.2, 0.25) is 0 Å². The van der Waals surface area contributed by atoms with Crippen LogP contribution in [-0.2, 0) is 16.1 Å². The molecule has 2 fully saturated rings. The third-order valence-electron chi connectivity index (χ3n) is 5.42. The number of amides is 2. The molecule has 2 saturated heterocycles. The van der Waals surface area contributed by atoms with E-state index in [0.717, 1.165) is 32.4 Å². The zero-order valence-electron chi connectivity index (χ0n) is 16.0. The van der Waals surface area contributed by atoms with Crippen molar-refractivity contribution in [1.82, 2.24) is 19.4 Å². The predicted molar refractivity (Wildman–Crippen MR) is 106 cm³/mol. The van der Waals surface area contributed by atoms with Crippen molar-refractivity contribution in [3.8, 4) is 0 Å². The van der Waals surface area contributed by atoms with Crippen LogP contribution in [0.3, 0.4) is 0 Å². The van der Waals surface area contributed by atoms with E-state index in [1.165, 1.54) is 22.2 Å². The molecule has 4 rings (SSSR count). The monoisotopic (exact) mass is 404 g/mol. The van der Waals surface area contributed by atoms with E-state index in [2.05, 4.69) is 4.98 Å². The number of ether oxygens (including phenoxy) is 1. The molecule has 2 amide bonds. The Balaban J connectivity index is 1.61. The smallest absolute Gasteiger partial charge is 0.264 e. The molecule has 0 spiro atoms. The molecule has 2 aliphatic rings. The number of nitrogens with zero attached hydrogens (tertiary/aromatic N) is 4. The summed E-state index contributed by atoms with van der Waals surface area (Å²) in [5.74, 6) is -0.139. The predicted octanol–water partition coefficient (Wildman–Crippen LogP) is 1.25. The number of thiophene rings is 1. The molecular formula is C19H24N4O4S. The Kier molecular flexibility index (Phi) is 5.45. The maximum absolute atomic E-state index is 13.0. The van der Waals surface area contributed by atoms with Crippen molar-refractivity contribution in [3.05, 3.63) is 27.1 Å². The zero-order valence-corrected chi connectivity index (χ0v) is 16.8. The number of aryl methyl sites for hydroxylation is 1. The molecule has 0 aromatic carbocycles. The van der Waals surface area contributed by atoms with Gasteiger partial charge in [0.2, 0.25) is 5.91 Å². The molecule has 2 aliphatic heterocycles. The maximum Gasteiger partial charge on any atom is 0.264 e. The van der Waals surface area contributed by atoms with Crippen LogP contribution in [0.25, 0.3) is 10.2 Å². The van der Waals surface area contributed by atoms with Gasteiger partial charge in [-0.3, -0.25) is 19.0 Å². The van der Waals surface area contributed by atoms with Crippen molar-refractivity contribution in [2.24, 2.45) is 0 Å². The van der Waals surface area contributed by atoms with Crippen LogP contribution in [-0.4, -0.2) is 70.6 Å². The highest BCUT2D eigenvalue weighted by atomic mass is 32.1. The number of hydrogen-bond donors (Lipinski definition) is 0. The summed E-state index contributed by atoms with van der Waals surface area (Å²) in [6, 6.07) is 0. The molecule has 0 aliphatic carbocycles. The van der Waals surface area contributed by atoms with Gasteiger partial charge in [0.1, 0.15) is 11.4 Å². The minimum absolute atomic E-state index is 0.0101. The Hall–Kier alpha value is -2.26. The molecule has 150 valence electrons. The highest BCUT2D eigenvalue weighted by molar-refractivity contribution is 7.20. The number of fused-ring (bicyclic) bond motifs is 1. The second-order valence-corrected chi connectivity index (χ2v) is 8.26. The average Bonchev–Trinajstić information content (AvgIpc) is 3.08. The van der Waals surface area contributed by atoms with E-state index in [1.807, 2.05) is 4.90 Å². The highest BCUT2D eigenvalue weighted by Gasteiger charge is 2.25. The van der Waals surface area contributed by atoms with Crippen LogP contribution in [0.4, 0.5) is 0 Å². The zero-order chi connectivity index (χ0) is 19.7. The van der Waals surface area contributed by atoms with E-state index in [9.17, 15) is 14.4 Å². The second-order valence-electron chi connectivity index (χ2n) is 7.26. The summed E-state index contributed by atoms with van der Waals surface area (Å²) < 4.78 is 6.67. The lowest BCUT2D eigenvalue weighted by Crippen LogP contribution is -2.40. The van der Waals surface area contributed by atoms with Crippen LogP contribution in [0, 0.1) is 6.92 Å². The third kappa shape index (κ3) is 3.56. The number of rotatable bonds is 3. The van der Waals surface area contributed by atoms with E-state index in [4.69, 9.17) is 4.74 Å². The normalized spacial score (nSPS) is 17.9. The Bertz CT molecular complexity index is 955. The van der Waals surface area contributed by atoms with Gasteiger partial charge in [-0.25, -0.2) is 4.98 Å². The summed E-state index contributed by atoms with van der Waals surface area (Å²) in [7, 11) is 0. The molecule has 8 nitrogen and oxygen atoms in total. The molecule has 4 heterocycles. The lowest BCUT2D eigenvalue weighted by atomic mass is 10.1. The standard InChI is InChI=1S/C19H24N4O4S/c1-13-15-17(28-16(13)19(26)22-7-9-27-10-8-22)20-12-23(18(15)25)11-14(24)21-5-3-2-4-6-21/h12H,2-11H2,1H3. The molecule has 0 atom stereocenters. The number of morpholine rings is 1. The largest absolute Gasteiger partial charge is 0.378 e. The summed E-state index contributed by atoms with van der Waals surface area (Å²) >= 11 is 1.24. The van der Waals surface area contributed by atoms with E-state index in [-0.39, 0.29) is 23.9 Å². The second kappa shape index (κ2) is 8.00. The van der Waals surface area contributed by atoms with Gasteiger partial charge >= 0.3 is 0 Å². The van der Waals surface area contributed by atoms with Crippen molar-refractivity contribution >= 4 is 33.4 Å². The molecule has 9 heteroatoms. The first-order valence-corrected chi connectivity index (χ1v) is 10.5. The SMILES string of the molecule is Cc1c(C(=O)N2CCOCC2)sc2ncn(CC(=O)N3CCCCC3)c(=O)c12. The van der Waals surface area contributed by atoms with Gasteiger partial charge in [-0.05, 0) is 31.7 Å². The summed E-state index contributed by atoms with van der Waals surface area (Å²) in [6.45, 7) is 5.43. The van der Waals surface area contributed by atoms with E-state index >= 15 is 0 Å². The van der Waals surface area contributed by atoms with Gasteiger partial charge < -0.3 is 14.5 Å². The van der Waals surface area contributed by atoms with Crippen molar-refractivity contribution in [2.75, 3.05) is 39.4 Å². The van der Waals surface area contributed by atoms with Crippen molar-refractivity contribution < 1.29 is 14.3 Å². The molecule has 2 aromatic heterocycles. The topological polar surface area (TPSA) is 84.7 Å². The quantitative estimate of drug-likeness (QED) is 0.769. The molecule has 0 saturated carbocycles. The Morgan fingerprint density at radius 1 is 1.11 bits per heavy atom. The first kappa shape index (κ1) is 19.1. The van der Waals surface area contributed by atoms with Crippen molar-refractivity contribution in [3.63, 3.8) is 0 Å². The van der Waals surface area contributed by atoms with Crippen LogP contribution in [0.1, 0.15) is 34.5 Å². The van der Waals surface area contributed by atoms with Gasteiger partial charge in [-0.2, -0.15) is 0 Å². The fourth-order valence-corrected chi connectivity index (χ4v) is 4.88. The van der Waals surface area contributed by atoms with Crippen LogP contribution < -0.4 is 5.56 Å². The molecular weight excluding hydrogens is 380 g/mol. The molecule has 0 radical (unpaired) electrons. The van der Waals surface area contributed by atoms with Gasteiger partial charge in [0.25, 0.3) is 11.5 Å². The number of aromatic nitrogens is 2. The minimum Gasteiger partial charge on any atom is -0.378 e. The van der Waals surface area contributed by atoms with Gasteiger partial charge in [-0.1, -0.05) is 0 Å². The lowest BCUT2D eigenvalue weighted by Gasteiger charge is -2.26. The van der Waals surface area contributed by atoms with Gasteiger partial charge in [0.15, 0.2) is 0 Å². The molecule has 28 heavy (non-hydrogen) atoms. The summed E-state index contributed by atoms with van der Waals surface area (Å²) in [6.07, 6.45) is 4.58. The summed E-state index contributed by atoms with van der Waals surface area (Å²) in [5.41, 5.74) is 0.388. The summed E-state index contributed by atoms with van der Waals surface area (Å²) in [4.78, 5) is 47.4. The number of carbonyl (C=O) groups is 2. The van der Waals surface area contributed by atoms with E-state index < -0.39 is 0 Å². The first-order chi connectivity index (χ1) is 13.6. The Morgan fingerprint density at radius 2 is 1.82 bits per heavy atom. The third-order valence-corrected chi connectivity index (χ3v) is 6.61. The average molecular weight is 404 g/mol. The number of piperidine rings is 1. The highest BCUT2D eigenvalue weighted by Crippen LogP contribution is 2.28. The number of likely N-dealkylation sites (tertiary alicyclic amines) is 1. The first-order valence-electron chi connectivity index (χ1n) is 9.69. The van der Waals surface area contributed by atoms with Crippen LogP contribution in [0.15, 0.2) is 11.1 Å². The van der Waals surface area contributed by atoms with Gasteiger partial charge in [0.05, 0.1) is 29.8 Å². The molecule has 0 N–H and O–H groups in total. The lowest BCUT2D eigenvalue weighted by molar-refractivity contribution is -0.132. The fraction of sp³-hybridized carbons (Fsp3) is 0.579. The fourth-order valence-electron chi connectivity index (χ4n) is 3.77. The van der Waals surface area contributed by atoms with E-state index in [1.54, 1.807) is 11.8 Å². The number of carbonyl (C=O) groups excluding carboxylic acids is 2. The summed E-state index contributed by atoms with van der Waals surface area (Å²) in [5, 5.41) is 0.440. The van der Waals surface area contributed by atoms with Gasteiger partial charge in [-0.15, -0.1) is 11.3 Å². The molecule has 0 unspecified atom stereocenters. The van der Waals surface area contributed by atoms with Crippen LogP contribution in [0.5, 0.6) is 0 Å². The maximum atomic E-state index is 13.0. The molecule has 2 aromatic rings. The van der Waals surface area contributed by atoms with Crippen molar-refractivity contribution in [2.45, 2.75) is 32.7 Å². The Morgan fingerprint density at radius 3 is 2.54 bits per heavy atom. The van der Waals surface area contributed by atoms with Gasteiger partial charge in [0, 0.05) is 26.2 Å².